The highest BCUT2D eigenvalue weighted by Gasteiger charge is 2.36. The third-order valence-corrected chi connectivity index (χ3v) is 5.18. The molecule has 1 aromatic rings. The standard InChI is InChI=1S/C18H24ClN3O3.ClH/c1-25-16-7-6-12(19)9-13(16)18(24)22-8-2-3-15(22)17(23)21-10-14(20)11-4-5-11;/h6-7,9,11,14-15H,2-5,8,10,20H2,1H3,(H,21,23);1H. The fourth-order valence-electron chi connectivity index (χ4n) is 3.31. The number of amides is 2. The van der Waals surface area contributed by atoms with E-state index in [1.165, 1.54) is 7.11 Å². The highest BCUT2D eigenvalue weighted by atomic mass is 35.5. The lowest BCUT2D eigenvalue weighted by molar-refractivity contribution is -0.124. The molecule has 2 fully saturated rings. The summed E-state index contributed by atoms with van der Waals surface area (Å²) in [4.78, 5) is 27.1. The van der Waals surface area contributed by atoms with Crippen molar-refractivity contribution in [1.82, 2.24) is 10.2 Å². The van der Waals surface area contributed by atoms with Crippen LogP contribution in [0.4, 0.5) is 0 Å². The molecule has 8 heteroatoms. The molecule has 1 aliphatic carbocycles. The first kappa shape index (κ1) is 20.8. The lowest BCUT2D eigenvalue weighted by Gasteiger charge is -2.25. The Bertz CT molecular complexity index is 667. The van der Waals surface area contributed by atoms with Crippen molar-refractivity contribution in [1.29, 1.82) is 0 Å². The average Bonchev–Trinajstić information content (AvgIpc) is 3.35. The van der Waals surface area contributed by atoms with E-state index in [2.05, 4.69) is 5.32 Å². The number of rotatable bonds is 6. The van der Waals surface area contributed by atoms with E-state index >= 15 is 0 Å². The van der Waals surface area contributed by atoms with E-state index in [0.29, 0.717) is 41.8 Å². The molecule has 0 aromatic heterocycles. The van der Waals surface area contributed by atoms with Crippen molar-refractivity contribution in [2.45, 2.75) is 37.8 Å². The second-order valence-electron chi connectivity index (χ2n) is 6.75. The Morgan fingerprint density at radius 3 is 2.77 bits per heavy atom. The first-order chi connectivity index (χ1) is 12.0. The molecule has 3 N–H and O–H groups in total. The number of likely N-dealkylation sites (tertiary alicyclic amines) is 1. The van der Waals surface area contributed by atoms with Gasteiger partial charge in [-0.15, -0.1) is 12.4 Å². The summed E-state index contributed by atoms with van der Waals surface area (Å²) in [7, 11) is 1.51. The van der Waals surface area contributed by atoms with E-state index in [4.69, 9.17) is 22.1 Å². The number of nitrogens with one attached hydrogen (secondary N) is 1. The van der Waals surface area contributed by atoms with Gasteiger partial charge in [-0.05, 0) is 49.8 Å². The van der Waals surface area contributed by atoms with Gasteiger partial charge in [-0.2, -0.15) is 0 Å². The molecule has 0 spiro atoms. The first-order valence-electron chi connectivity index (χ1n) is 8.69. The van der Waals surface area contributed by atoms with Crippen LogP contribution in [0, 0.1) is 5.92 Å². The topological polar surface area (TPSA) is 84.7 Å². The molecule has 1 aliphatic heterocycles. The third kappa shape index (κ3) is 4.61. The zero-order valence-corrected chi connectivity index (χ0v) is 16.3. The van der Waals surface area contributed by atoms with Gasteiger partial charge in [0.15, 0.2) is 0 Å². The molecule has 1 aromatic carbocycles. The molecular weight excluding hydrogens is 377 g/mol. The number of methoxy groups -OCH3 is 1. The van der Waals surface area contributed by atoms with Gasteiger partial charge in [0.2, 0.25) is 5.91 Å². The molecule has 1 heterocycles. The van der Waals surface area contributed by atoms with E-state index in [1.54, 1.807) is 23.1 Å². The van der Waals surface area contributed by atoms with Gasteiger partial charge in [-0.25, -0.2) is 0 Å². The SMILES string of the molecule is COc1ccc(Cl)cc1C(=O)N1CCCC1C(=O)NCC(N)C1CC1.Cl. The minimum Gasteiger partial charge on any atom is -0.496 e. The Morgan fingerprint density at radius 1 is 1.38 bits per heavy atom. The fraction of sp³-hybridized carbons (Fsp3) is 0.556. The minimum absolute atomic E-state index is 0. The summed E-state index contributed by atoms with van der Waals surface area (Å²) in [6.07, 6.45) is 3.72. The Kier molecular flexibility index (Phi) is 7.15. The van der Waals surface area contributed by atoms with Crippen LogP contribution >= 0.6 is 24.0 Å². The van der Waals surface area contributed by atoms with Crippen LogP contribution in [0.3, 0.4) is 0 Å². The summed E-state index contributed by atoms with van der Waals surface area (Å²) in [5.41, 5.74) is 6.42. The van der Waals surface area contributed by atoms with Crippen molar-refractivity contribution < 1.29 is 14.3 Å². The summed E-state index contributed by atoms with van der Waals surface area (Å²) in [5, 5.41) is 3.36. The maximum Gasteiger partial charge on any atom is 0.258 e. The summed E-state index contributed by atoms with van der Waals surface area (Å²) in [5.74, 6) is 0.611. The van der Waals surface area contributed by atoms with Gasteiger partial charge in [0.1, 0.15) is 11.8 Å². The van der Waals surface area contributed by atoms with Crippen LogP contribution in [-0.2, 0) is 4.79 Å². The zero-order valence-electron chi connectivity index (χ0n) is 14.7. The van der Waals surface area contributed by atoms with Gasteiger partial charge in [0.05, 0.1) is 12.7 Å². The van der Waals surface area contributed by atoms with Gasteiger partial charge in [-0.1, -0.05) is 11.6 Å². The normalized spacial score (nSPS) is 20.3. The number of carbonyl (C=O) groups is 2. The maximum absolute atomic E-state index is 12.9. The second kappa shape index (κ2) is 8.93. The fourth-order valence-corrected chi connectivity index (χ4v) is 3.48. The number of ether oxygens (including phenoxy) is 1. The Hall–Kier alpha value is -1.50. The highest BCUT2D eigenvalue weighted by molar-refractivity contribution is 6.31. The number of carbonyl (C=O) groups excluding carboxylic acids is 2. The summed E-state index contributed by atoms with van der Waals surface area (Å²) < 4.78 is 5.27. The smallest absolute Gasteiger partial charge is 0.258 e. The molecule has 3 rings (SSSR count). The molecule has 2 aliphatic rings. The molecule has 1 saturated heterocycles. The van der Waals surface area contributed by atoms with Crippen LogP contribution in [0.15, 0.2) is 18.2 Å². The molecule has 144 valence electrons. The van der Waals surface area contributed by atoms with Crippen molar-refractivity contribution in [3.63, 3.8) is 0 Å². The van der Waals surface area contributed by atoms with Gasteiger partial charge < -0.3 is 20.7 Å². The predicted octanol–water partition coefficient (Wildman–Crippen LogP) is 2.23. The Morgan fingerprint density at radius 2 is 2.12 bits per heavy atom. The molecule has 6 nitrogen and oxygen atoms in total. The number of halogens is 2. The molecule has 2 atom stereocenters. The highest BCUT2D eigenvalue weighted by Crippen LogP contribution is 2.31. The summed E-state index contributed by atoms with van der Waals surface area (Å²) in [6, 6.07) is 4.45. The van der Waals surface area contributed by atoms with E-state index in [1.807, 2.05) is 0 Å². The summed E-state index contributed by atoms with van der Waals surface area (Å²) in [6.45, 7) is 1.00. The maximum atomic E-state index is 12.9. The lowest BCUT2D eigenvalue weighted by Crippen LogP contribution is -2.49. The molecular formula is C18H25Cl2N3O3. The molecule has 26 heavy (non-hydrogen) atoms. The van der Waals surface area contributed by atoms with Crippen LogP contribution in [0.2, 0.25) is 5.02 Å². The van der Waals surface area contributed by atoms with Gasteiger partial charge in [-0.3, -0.25) is 9.59 Å². The van der Waals surface area contributed by atoms with Crippen molar-refractivity contribution in [3.8, 4) is 5.75 Å². The Labute approximate surface area is 164 Å². The molecule has 0 radical (unpaired) electrons. The number of hydrogen-bond donors (Lipinski definition) is 2. The molecule has 2 amide bonds. The monoisotopic (exact) mass is 401 g/mol. The lowest BCUT2D eigenvalue weighted by atomic mass is 10.1. The van der Waals surface area contributed by atoms with Crippen molar-refractivity contribution in [3.05, 3.63) is 28.8 Å². The largest absolute Gasteiger partial charge is 0.496 e. The van der Waals surface area contributed by atoms with E-state index in [9.17, 15) is 9.59 Å². The van der Waals surface area contributed by atoms with Gasteiger partial charge >= 0.3 is 0 Å². The van der Waals surface area contributed by atoms with E-state index < -0.39 is 6.04 Å². The molecule has 1 saturated carbocycles. The molecule has 0 bridgehead atoms. The van der Waals surface area contributed by atoms with E-state index in [0.717, 1.165) is 19.3 Å². The second-order valence-corrected chi connectivity index (χ2v) is 7.18. The number of hydrogen-bond acceptors (Lipinski definition) is 4. The van der Waals surface area contributed by atoms with Crippen LogP contribution < -0.4 is 15.8 Å². The van der Waals surface area contributed by atoms with Gasteiger partial charge in [0, 0.05) is 24.2 Å². The third-order valence-electron chi connectivity index (χ3n) is 4.95. The summed E-state index contributed by atoms with van der Waals surface area (Å²) >= 11 is 6.02. The van der Waals surface area contributed by atoms with Crippen LogP contribution in [0.1, 0.15) is 36.0 Å². The average molecular weight is 402 g/mol. The predicted molar refractivity (Wildman–Crippen MR) is 103 cm³/mol. The van der Waals surface area contributed by atoms with Crippen molar-refractivity contribution in [2.24, 2.45) is 11.7 Å². The number of benzene rings is 1. The molecule has 2 unspecified atom stereocenters. The van der Waals surface area contributed by atoms with E-state index in [-0.39, 0.29) is 30.3 Å². The minimum atomic E-state index is -0.470. The van der Waals surface area contributed by atoms with Crippen LogP contribution in [0.5, 0.6) is 5.75 Å². The number of nitrogens with zero attached hydrogens (tertiary/aromatic N) is 1. The quantitative estimate of drug-likeness (QED) is 0.764. The number of nitrogens with two attached hydrogens (primary N) is 1. The van der Waals surface area contributed by atoms with Crippen molar-refractivity contribution in [2.75, 3.05) is 20.2 Å². The Balaban J connectivity index is 0.00000243. The van der Waals surface area contributed by atoms with Crippen molar-refractivity contribution >= 4 is 35.8 Å². The van der Waals surface area contributed by atoms with Crippen LogP contribution in [-0.4, -0.2) is 49.0 Å². The van der Waals surface area contributed by atoms with Crippen LogP contribution in [0.25, 0.3) is 0 Å². The first-order valence-corrected chi connectivity index (χ1v) is 9.07. The van der Waals surface area contributed by atoms with Gasteiger partial charge in [0.25, 0.3) is 5.91 Å². The zero-order chi connectivity index (χ0) is 18.0.